The molecule has 0 radical (unpaired) electrons. The van der Waals surface area contributed by atoms with Crippen LogP contribution in [-0.2, 0) is 0 Å². The summed E-state index contributed by atoms with van der Waals surface area (Å²) < 4.78 is 0. The maximum atomic E-state index is 4.50. The molecule has 0 saturated heterocycles. The molecule has 11 heavy (non-hydrogen) atoms. The normalized spacial score (nSPS) is 14.5. The van der Waals surface area contributed by atoms with Crippen molar-refractivity contribution in [3.8, 4) is 0 Å². The molecular weight excluding hydrogens is 158 g/mol. The zero-order valence-corrected chi connectivity index (χ0v) is 8.62. The molecule has 2 N–H and O–H groups in total. The highest BCUT2D eigenvalue weighted by atomic mass is 35.5. The van der Waals surface area contributed by atoms with Gasteiger partial charge >= 0.3 is 0 Å². The van der Waals surface area contributed by atoms with Crippen LogP contribution in [0.5, 0.6) is 0 Å². The first-order chi connectivity index (χ1) is 4.93. The van der Waals surface area contributed by atoms with Crippen molar-refractivity contribution in [2.45, 2.75) is 45.4 Å². The molecule has 1 saturated carbocycles. The molecule has 1 nitrogen and oxygen atoms in total. The van der Waals surface area contributed by atoms with Crippen molar-refractivity contribution in [1.29, 1.82) is 0 Å². The molecule has 0 spiro atoms. The van der Waals surface area contributed by atoms with E-state index in [1.54, 1.807) is 0 Å². The van der Waals surface area contributed by atoms with Crippen LogP contribution in [0.1, 0.15) is 45.4 Å². The summed E-state index contributed by atoms with van der Waals surface area (Å²) >= 11 is 0. The largest absolute Gasteiger partial charge is 0.333 e. The van der Waals surface area contributed by atoms with Crippen molar-refractivity contribution < 1.29 is 0 Å². The maximum absolute atomic E-state index is 4.50. The van der Waals surface area contributed by atoms with Crippen LogP contribution >= 0.6 is 12.4 Å². The Morgan fingerprint density at radius 3 is 2.09 bits per heavy atom. The minimum atomic E-state index is 0. The van der Waals surface area contributed by atoms with Crippen LogP contribution in [-0.4, -0.2) is 7.05 Å². The number of nitrogens with two attached hydrogens (primary N) is 1. The van der Waals surface area contributed by atoms with Crippen molar-refractivity contribution in [2.75, 3.05) is 7.05 Å². The second kappa shape index (κ2) is 10.2. The third kappa shape index (κ3) is 10.2. The third-order valence-corrected chi connectivity index (χ3v) is 1.91. The first-order valence-corrected chi connectivity index (χ1v) is 4.51. The molecule has 0 aromatic heterocycles. The standard InChI is InChI=1S/C8H16.CH5N.ClH/c1-2-3-4-5-8-6-7-8;1-2;/h8H,2-7H2,1H3;2H2,1H3;1H. The molecule has 2 heteroatoms. The highest BCUT2D eigenvalue weighted by Gasteiger charge is 2.19. The van der Waals surface area contributed by atoms with Crippen molar-refractivity contribution in [3.63, 3.8) is 0 Å². The van der Waals surface area contributed by atoms with Crippen LogP contribution in [0.4, 0.5) is 0 Å². The van der Waals surface area contributed by atoms with Crippen LogP contribution in [0, 0.1) is 5.92 Å². The van der Waals surface area contributed by atoms with Crippen LogP contribution in [0.2, 0.25) is 0 Å². The molecule has 0 bridgehead atoms. The van der Waals surface area contributed by atoms with E-state index in [2.05, 4.69) is 12.7 Å². The molecule has 70 valence electrons. The molecule has 1 aliphatic rings. The second-order valence-corrected chi connectivity index (χ2v) is 2.94. The van der Waals surface area contributed by atoms with Gasteiger partial charge in [-0.2, -0.15) is 0 Å². The van der Waals surface area contributed by atoms with E-state index in [1.807, 2.05) is 0 Å². The van der Waals surface area contributed by atoms with Crippen molar-refractivity contribution >= 4 is 12.4 Å². The van der Waals surface area contributed by atoms with Crippen LogP contribution in [0.15, 0.2) is 0 Å². The molecule has 0 amide bonds. The van der Waals surface area contributed by atoms with Crippen LogP contribution < -0.4 is 5.73 Å². The van der Waals surface area contributed by atoms with E-state index in [1.165, 1.54) is 45.6 Å². The summed E-state index contributed by atoms with van der Waals surface area (Å²) in [6, 6.07) is 0. The average molecular weight is 180 g/mol. The van der Waals surface area contributed by atoms with E-state index in [0.29, 0.717) is 0 Å². The topological polar surface area (TPSA) is 26.0 Å². The first kappa shape index (κ1) is 13.8. The summed E-state index contributed by atoms with van der Waals surface area (Å²) in [5.74, 6) is 1.15. The molecule has 0 aromatic rings. The quantitative estimate of drug-likeness (QED) is 0.660. The minimum Gasteiger partial charge on any atom is -0.333 e. The van der Waals surface area contributed by atoms with E-state index < -0.39 is 0 Å². The van der Waals surface area contributed by atoms with E-state index in [-0.39, 0.29) is 12.4 Å². The molecule has 0 atom stereocenters. The Hall–Kier alpha value is 0.250. The number of hydrogen-bond donors (Lipinski definition) is 1. The molecule has 1 aliphatic carbocycles. The van der Waals surface area contributed by atoms with Gasteiger partial charge in [0.2, 0.25) is 0 Å². The van der Waals surface area contributed by atoms with Gasteiger partial charge in [0.15, 0.2) is 0 Å². The Morgan fingerprint density at radius 2 is 1.73 bits per heavy atom. The number of halogens is 1. The molecule has 1 rings (SSSR count). The van der Waals surface area contributed by atoms with Crippen molar-refractivity contribution in [2.24, 2.45) is 11.7 Å². The first-order valence-electron chi connectivity index (χ1n) is 4.51. The summed E-state index contributed by atoms with van der Waals surface area (Å²) in [5, 5.41) is 0. The number of unbranched alkanes of at least 4 members (excludes halogenated alkanes) is 2. The Bertz CT molecular complexity index is 62.6. The molecular formula is C9H22ClN. The van der Waals surface area contributed by atoms with Gasteiger partial charge in [-0.3, -0.25) is 0 Å². The number of hydrogen-bond acceptors (Lipinski definition) is 1. The lowest BCUT2D eigenvalue weighted by molar-refractivity contribution is 0.620. The summed E-state index contributed by atoms with van der Waals surface area (Å²) in [4.78, 5) is 0. The summed E-state index contributed by atoms with van der Waals surface area (Å²) in [6.45, 7) is 2.27. The van der Waals surface area contributed by atoms with E-state index >= 15 is 0 Å². The van der Waals surface area contributed by atoms with Crippen molar-refractivity contribution in [3.05, 3.63) is 0 Å². The maximum Gasteiger partial charge on any atom is -0.0195 e. The van der Waals surface area contributed by atoms with Gasteiger partial charge in [0, 0.05) is 0 Å². The lowest BCUT2D eigenvalue weighted by Gasteiger charge is -1.92. The monoisotopic (exact) mass is 179 g/mol. The molecule has 0 aromatic carbocycles. The third-order valence-electron chi connectivity index (χ3n) is 1.91. The predicted molar refractivity (Wildman–Crippen MR) is 54.2 cm³/mol. The Kier molecular flexibility index (Phi) is 12.9. The molecule has 0 heterocycles. The summed E-state index contributed by atoms with van der Waals surface area (Å²) in [6.07, 6.45) is 8.91. The smallest absolute Gasteiger partial charge is 0.0195 e. The SMILES string of the molecule is CCCCCC1CC1.CN.Cl. The fourth-order valence-electron chi connectivity index (χ4n) is 1.09. The van der Waals surface area contributed by atoms with E-state index in [9.17, 15) is 0 Å². The highest BCUT2D eigenvalue weighted by Crippen LogP contribution is 2.33. The average Bonchev–Trinajstić information content (AvgIpc) is 2.77. The number of rotatable bonds is 4. The van der Waals surface area contributed by atoms with Gasteiger partial charge in [-0.15, -0.1) is 12.4 Å². The lowest BCUT2D eigenvalue weighted by atomic mass is 10.1. The Morgan fingerprint density at radius 1 is 1.18 bits per heavy atom. The fraction of sp³-hybridized carbons (Fsp3) is 1.00. The molecule has 1 fully saturated rings. The van der Waals surface area contributed by atoms with Crippen LogP contribution in [0.3, 0.4) is 0 Å². The predicted octanol–water partition coefficient (Wildman–Crippen LogP) is 2.97. The van der Waals surface area contributed by atoms with Gasteiger partial charge in [0.05, 0.1) is 0 Å². The Balaban J connectivity index is 0. The van der Waals surface area contributed by atoms with E-state index in [4.69, 9.17) is 0 Å². The van der Waals surface area contributed by atoms with Crippen molar-refractivity contribution in [1.82, 2.24) is 0 Å². The van der Waals surface area contributed by atoms with Gasteiger partial charge < -0.3 is 5.73 Å². The summed E-state index contributed by atoms with van der Waals surface area (Å²) in [7, 11) is 1.50. The summed E-state index contributed by atoms with van der Waals surface area (Å²) in [5.41, 5.74) is 4.50. The van der Waals surface area contributed by atoms with Gasteiger partial charge in [-0.25, -0.2) is 0 Å². The Labute approximate surface area is 77.2 Å². The minimum absolute atomic E-state index is 0. The second-order valence-electron chi connectivity index (χ2n) is 2.94. The molecule has 0 unspecified atom stereocenters. The zero-order valence-electron chi connectivity index (χ0n) is 7.81. The van der Waals surface area contributed by atoms with Gasteiger partial charge in [-0.05, 0) is 13.0 Å². The van der Waals surface area contributed by atoms with Gasteiger partial charge in [0.1, 0.15) is 0 Å². The van der Waals surface area contributed by atoms with E-state index in [0.717, 1.165) is 5.92 Å². The zero-order chi connectivity index (χ0) is 7.82. The van der Waals surface area contributed by atoms with Gasteiger partial charge in [-0.1, -0.05) is 45.4 Å². The van der Waals surface area contributed by atoms with Crippen LogP contribution in [0.25, 0.3) is 0 Å². The van der Waals surface area contributed by atoms with Gasteiger partial charge in [0.25, 0.3) is 0 Å². The lowest BCUT2D eigenvalue weighted by Crippen LogP contribution is -1.75. The highest BCUT2D eigenvalue weighted by molar-refractivity contribution is 5.85. The molecule has 0 aliphatic heterocycles. The fourth-order valence-corrected chi connectivity index (χ4v) is 1.09.